The van der Waals surface area contributed by atoms with Gasteiger partial charge in [-0.3, -0.25) is 24.6 Å². The molecule has 1 aromatic rings. The summed E-state index contributed by atoms with van der Waals surface area (Å²) in [7, 11) is 0. The average molecular weight is 375 g/mol. The van der Waals surface area contributed by atoms with Crippen LogP contribution in [0.1, 0.15) is 16.6 Å². The zero-order chi connectivity index (χ0) is 19.6. The van der Waals surface area contributed by atoms with E-state index in [2.05, 4.69) is 0 Å². The third-order valence-electron chi connectivity index (χ3n) is 3.65. The molecule has 0 aromatic carbocycles. The van der Waals surface area contributed by atoms with Crippen molar-refractivity contribution in [1.29, 1.82) is 0 Å². The average Bonchev–Trinajstić information content (AvgIpc) is 2.58. The highest BCUT2D eigenvalue weighted by atomic mass is 16.6. The van der Waals surface area contributed by atoms with Gasteiger partial charge in [0.1, 0.15) is 30.0 Å². The zero-order valence-corrected chi connectivity index (χ0v) is 13.0. The second kappa shape index (κ2) is 7.63. The molecule has 0 spiro atoms. The van der Waals surface area contributed by atoms with E-state index in [9.17, 15) is 34.5 Å². The first-order valence-electron chi connectivity index (χ1n) is 7.19. The lowest BCUT2D eigenvalue weighted by Gasteiger charge is -2.40. The van der Waals surface area contributed by atoms with Gasteiger partial charge in [-0.05, 0) is 0 Å². The molecular weight excluding hydrogens is 358 g/mol. The van der Waals surface area contributed by atoms with E-state index in [1.807, 2.05) is 0 Å². The number of hydrogen-bond acceptors (Lipinski definition) is 9. The molecule has 14 heteroatoms. The lowest BCUT2D eigenvalue weighted by molar-refractivity contribution is -0.252. The van der Waals surface area contributed by atoms with Crippen LogP contribution in [-0.2, 0) is 4.74 Å². The fourth-order valence-electron chi connectivity index (χ4n) is 2.33. The van der Waals surface area contributed by atoms with Crippen molar-refractivity contribution < 1.29 is 34.8 Å². The molecule has 0 saturated carbocycles. The number of primary amides is 1. The first kappa shape index (κ1) is 19.5. The van der Waals surface area contributed by atoms with E-state index in [1.54, 1.807) is 15.8 Å². The molecular formula is C12H17N5O9. The van der Waals surface area contributed by atoms with Crippen LogP contribution >= 0.6 is 0 Å². The first-order chi connectivity index (χ1) is 12.2. The second-order valence-corrected chi connectivity index (χ2v) is 5.37. The predicted octanol–water partition coefficient (Wildman–Crippen LogP) is -5.18. The van der Waals surface area contributed by atoms with Crippen molar-refractivity contribution in [1.82, 2.24) is 20.4 Å². The van der Waals surface area contributed by atoms with Crippen molar-refractivity contribution in [3.8, 4) is 0 Å². The molecule has 9 N–H and O–H groups in total. The van der Waals surface area contributed by atoms with E-state index < -0.39 is 66.0 Å². The van der Waals surface area contributed by atoms with Crippen LogP contribution < -0.4 is 27.8 Å². The third-order valence-corrected chi connectivity index (χ3v) is 3.65. The summed E-state index contributed by atoms with van der Waals surface area (Å²) in [6, 6.07) is -1.11. The molecule has 0 unspecified atom stereocenters. The van der Waals surface area contributed by atoms with Crippen LogP contribution in [0.15, 0.2) is 15.8 Å². The van der Waals surface area contributed by atoms with Crippen molar-refractivity contribution in [3.63, 3.8) is 0 Å². The van der Waals surface area contributed by atoms with Crippen LogP contribution in [0.5, 0.6) is 0 Å². The Morgan fingerprint density at radius 3 is 2.42 bits per heavy atom. The number of hydrazine groups is 1. The summed E-state index contributed by atoms with van der Waals surface area (Å²) in [4.78, 5) is 48.1. The molecule has 0 aliphatic carbocycles. The molecule has 0 bridgehead atoms. The van der Waals surface area contributed by atoms with E-state index in [4.69, 9.17) is 15.6 Å². The van der Waals surface area contributed by atoms with Gasteiger partial charge in [-0.15, -0.1) is 0 Å². The molecule has 2 rings (SSSR count). The second-order valence-electron chi connectivity index (χ2n) is 5.37. The van der Waals surface area contributed by atoms with Crippen molar-refractivity contribution in [3.05, 3.63) is 32.6 Å². The summed E-state index contributed by atoms with van der Waals surface area (Å²) in [6.07, 6.45) is -7.50. The Morgan fingerprint density at radius 2 is 1.85 bits per heavy atom. The van der Waals surface area contributed by atoms with Crippen LogP contribution in [0.25, 0.3) is 0 Å². The van der Waals surface area contributed by atoms with Crippen LogP contribution in [0.4, 0.5) is 4.79 Å². The van der Waals surface area contributed by atoms with Gasteiger partial charge in [0.05, 0.1) is 6.61 Å². The van der Waals surface area contributed by atoms with Gasteiger partial charge in [0.2, 0.25) is 0 Å². The van der Waals surface area contributed by atoms with Gasteiger partial charge in [-0.25, -0.2) is 15.0 Å². The summed E-state index contributed by atoms with van der Waals surface area (Å²) in [5, 5.41) is 38.7. The van der Waals surface area contributed by atoms with E-state index >= 15 is 0 Å². The smallest absolute Gasteiger partial charge is 0.330 e. The largest absolute Gasteiger partial charge is 0.394 e. The minimum atomic E-state index is -1.82. The highest BCUT2D eigenvalue weighted by Gasteiger charge is 2.44. The molecule has 3 amide bonds. The molecule has 2 heterocycles. The van der Waals surface area contributed by atoms with Crippen molar-refractivity contribution >= 4 is 11.9 Å². The molecule has 26 heavy (non-hydrogen) atoms. The fourth-order valence-corrected chi connectivity index (χ4v) is 2.33. The van der Waals surface area contributed by atoms with Gasteiger partial charge in [0.25, 0.3) is 11.5 Å². The SMILES string of the molecule is NC(=O)NNC(=O)c1cn([C@H]2O[C@H](CO)[C@@H](O)[C@H](O)[C@@H]2O)c(=O)[nH]c1=O. The van der Waals surface area contributed by atoms with Crippen LogP contribution in [-0.4, -0.2) is 72.9 Å². The van der Waals surface area contributed by atoms with Crippen molar-refractivity contribution in [2.24, 2.45) is 5.73 Å². The number of aliphatic hydroxyl groups excluding tert-OH is 4. The maximum absolute atomic E-state index is 12.0. The highest BCUT2D eigenvalue weighted by Crippen LogP contribution is 2.27. The summed E-state index contributed by atoms with van der Waals surface area (Å²) >= 11 is 0. The zero-order valence-electron chi connectivity index (χ0n) is 13.0. The lowest BCUT2D eigenvalue weighted by atomic mass is 9.98. The van der Waals surface area contributed by atoms with Crippen molar-refractivity contribution in [2.45, 2.75) is 30.6 Å². The topological polar surface area (TPSA) is 229 Å². The Bertz CT molecular complexity index is 803. The molecule has 144 valence electrons. The third kappa shape index (κ3) is 3.73. The number of aliphatic hydroxyl groups is 4. The summed E-state index contributed by atoms with van der Waals surface area (Å²) in [5.41, 5.74) is 5.44. The minimum Gasteiger partial charge on any atom is -0.394 e. The minimum absolute atomic E-state index is 0.586. The number of H-pyrrole nitrogens is 1. The standard InChI is InChI=1S/C12H17N5O9/c13-11(24)16-15-9(23)3-1-17(12(25)14-8(3)22)10-7(21)6(20)5(19)4(2-18)26-10/h1,4-7,10,18-21H,2H2,(H,15,23)(H3,13,16,24)(H,14,22,25)/t4-,5-,6+,7+,10+/m1/s1. The van der Waals surface area contributed by atoms with Crippen LogP contribution in [0.2, 0.25) is 0 Å². The molecule has 1 aliphatic heterocycles. The number of nitrogens with zero attached hydrogens (tertiary/aromatic N) is 1. The molecule has 1 aromatic heterocycles. The molecule has 1 fully saturated rings. The number of rotatable bonds is 3. The summed E-state index contributed by atoms with van der Waals surface area (Å²) in [6.45, 7) is -0.741. The summed E-state index contributed by atoms with van der Waals surface area (Å²) < 4.78 is 5.77. The first-order valence-corrected chi connectivity index (χ1v) is 7.19. The Labute approximate surface area is 143 Å². The molecule has 14 nitrogen and oxygen atoms in total. The molecule has 5 atom stereocenters. The van der Waals surface area contributed by atoms with Crippen molar-refractivity contribution in [2.75, 3.05) is 6.61 Å². The number of carbonyl (C=O) groups is 2. The maximum Gasteiger partial charge on any atom is 0.330 e. The van der Waals surface area contributed by atoms with Gasteiger partial charge in [0, 0.05) is 6.20 Å². The quantitative estimate of drug-likeness (QED) is 0.236. The Hall–Kier alpha value is -2.78. The predicted molar refractivity (Wildman–Crippen MR) is 80.5 cm³/mol. The monoisotopic (exact) mass is 375 g/mol. The normalized spacial score (nSPS) is 28.4. The van der Waals surface area contributed by atoms with Gasteiger partial charge in [-0.2, -0.15) is 0 Å². The van der Waals surface area contributed by atoms with E-state index in [-0.39, 0.29) is 0 Å². The Kier molecular flexibility index (Phi) is 5.73. The van der Waals surface area contributed by atoms with Crippen LogP contribution in [0, 0.1) is 0 Å². The lowest BCUT2D eigenvalue weighted by Crippen LogP contribution is -2.58. The fraction of sp³-hybridized carbons (Fsp3) is 0.500. The van der Waals surface area contributed by atoms with Gasteiger partial charge in [0.15, 0.2) is 6.23 Å². The number of nitrogens with two attached hydrogens (primary N) is 1. The van der Waals surface area contributed by atoms with Gasteiger partial charge < -0.3 is 30.9 Å². The number of carbonyl (C=O) groups excluding carboxylic acids is 2. The number of urea groups is 1. The Balaban J connectivity index is 2.41. The molecule has 0 radical (unpaired) electrons. The number of ether oxygens (including phenoxy) is 1. The number of nitrogens with one attached hydrogen (secondary N) is 3. The number of aromatic nitrogens is 2. The number of amides is 3. The highest BCUT2D eigenvalue weighted by molar-refractivity contribution is 5.94. The number of aromatic amines is 1. The Morgan fingerprint density at radius 1 is 1.19 bits per heavy atom. The molecule has 1 aliphatic rings. The number of hydrogen-bond donors (Lipinski definition) is 8. The van der Waals surface area contributed by atoms with Gasteiger partial charge >= 0.3 is 11.7 Å². The maximum atomic E-state index is 12.0. The van der Waals surface area contributed by atoms with E-state index in [0.717, 1.165) is 0 Å². The van der Waals surface area contributed by atoms with Crippen LogP contribution in [0.3, 0.4) is 0 Å². The van der Waals surface area contributed by atoms with E-state index in [0.29, 0.717) is 10.8 Å². The summed E-state index contributed by atoms with van der Waals surface area (Å²) in [5.74, 6) is -1.14. The van der Waals surface area contributed by atoms with E-state index in [1.165, 1.54) is 0 Å². The molecule has 1 saturated heterocycles. The van der Waals surface area contributed by atoms with Gasteiger partial charge in [-0.1, -0.05) is 0 Å².